The molecule has 0 unspecified atom stereocenters. The van der Waals surface area contributed by atoms with Crippen LogP contribution in [0, 0.1) is 5.82 Å². The second kappa shape index (κ2) is 5.96. The summed E-state index contributed by atoms with van der Waals surface area (Å²) in [6.45, 7) is 0. The van der Waals surface area contributed by atoms with Gasteiger partial charge in [0.25, 0.3) is 0 Å². The first-order chi connectivity index (χ1) is 8.79. The van der Waals surface area contributed by atoms with E-state index in [1.807, 2.05) is 30.3 Å². The Hall–Kier alpha value is -2.16. The summed E-state index contributed by atoms with van der Waals surface area (Å²) in [6.07, 6.45) is 0.653. The lowest BCUT2D eigenvalue weighted by Crippen LogP contribution is -2.06. The van der Waals surface area contributed by atoms with Crippen molar-refractivity contribution >= 4 is 5.71 Å². The van der Waals surface area contributed by atoms with E-state index in [1.54, 1.807) is 12.1 Å². The minimum Gasteiger partial charge on any atom is -0.399 e. The Bertz CT molecular complexity index is 520. The second-order valence-corrected chi connectivity index (χ2v) is 3.89. The number of oxime groups is 1. The average molecular weight is 243 g/mol. The summed E-state index contributed by atoms with van der Waals surface area (Å²) in [5, 5.41) is 4.01. The third-order valence-electron chi connectivity index (χ3n) is 2.59. The number of nitrogens with zero attached hydrogens (tertiary/aromatic N) is 1. The zero-order chi connectivity index (χ0) is 12.8. The van der Waals surface area contributed by atoms with Crippen LogP contribution in [0.5, 0.6) is 0 Å². The van der Waals surface area contributed by atoms with Crippen molar-refractivity contribution in [3.63, 3.8) is 0 Å². The van der Waals surface area contributed by atoms with Gasteiger partial charge in [0.05, 0.1) is 5.71 Å². The molecular weight excluding hydrogens is 229 g/mol. The molecule has 0 heterocycles. The fourth-order valence-electron chi connectivity index (χ4n) is 1.73. The molecule has 0 aliphatic carbocycles. The van der Waals surface area contributed by atoms with E-state index in [2.05, 4.69) is 5.16 Å². The average Bonchev–Trinajstić information content (AvgIpc) is 2.40. The van der Waals surface area contributed by atoms with Crippen LogP contribution in [0.15, 0.2) is 59.8 Å². The summed E-state index contributed by atoms with van der Waals surface area (Å²) in [5.41, 5.74) is 2.78. The Balaban J connectivity index is 2.24. The molecule has 18 heavy (non-hydrogen) atoms. The summed E-state index contributed by atoms with van der Waals surface area (Å²) in [5.74, 6) is -0.254. The van der Waals surface area contributed by atoms with Gasteiger partial charge in [-0.1, -0.05) is 47.6 Å². The van der Waals surface area contributed by atoms with E-state index < -0.39 is 0 Å². The summed E-state index contributed by atoms with van der Waals surface area (Å²) < 4.78 is 12.9. The van der Waals surface area contributed by atoms with E-state index in [1.165, 1.54) is 19.2 Å². The van der Waals surface area contributed by atoms with Crippen LogP contribution in [0.1, 0.15) is 11.1 Å². The van der Waals surface area contributed by atoms with Crippen LogP contribution in [0.4, 0.5) is 4.39 Å². The number of benzene rings is 2. The molecule has 2 nitrogen and oxygen atoms in total. The molecule has 2 rings (SSSR count). The molecule has 0 spiro atoms. The molecule has 0 N–H and O–H groups in total. The van der Waals surface area contributed by atoms with Crippen LogP contribution in [0.25, 0.3) is 0 Å². The molecule has 0 bridgehead atoms. The van der Waals surface area contributed by atoms with Gasteiger partial charge in [-0.25, -0.2) is 4.39 Å². The predicted octanol–water partition coefficient (Wildman–Crippen LogP) is 3.42. The van der Waals surface area contributed by atoms with Gasteiger partial charge in [-0.05, 0) is 23.3 Å². The lowest BCUT2D eigenvalue weighted by atomic mass is 10.0. The van der Waals surface area contributed by atoms with Crippen molar-refractivity contribution in [1.29, 1.82) is 0 Å². The molecule has 0 saturated carbocycles. The number of hydrogen-bond donors (Lipinski definition) is 0. The molecule has 0 aliphatic rings. The Morgan fingerprint density at radius 1 is 1.06 bits per heavy atom. The molecule has 0 amide bonds. The maximum Gasteiger partial charge on any atom is 0.123 e. The molecule has 0 radical (unpaired) electrons. The third kappa shape index (κ3) is 3.17. The Morgan fingerprint density at radius 2 is 1.72 bits per heavy atom. The Labute approximate surface area is 106 Å². The van der Waals surface area contributed by atoms with Crippen molar-refractivity contribution in [3.05, 3.63) is 71.5 Å². The van der Waals surface area contributed by atoms with Crippen LogP contribution in [-0.4, -0.2) is 12.8 Å². The molecule has 0 aliphatic heterocycles. The highest BCUT2D eigenvalue weighted by Gasteiger charge is 2.06. The van der Waals surface area contributed by atoms with Gasteiger partial charge in [0, 0.05) is 6.42 Å². The van der Waals surface area contributed by atoms with Gasteiger partial charge in [0.15, 0.2) is 0 Å². The molecular formula is C15H14FNO. The van der Waals surface area contributed by atoms with Crippen LogP contribution in [0.2, 0.25) is 0 Å². The lowest BCUT2D eigenvalue weighted by molar-refractivity contribution is 0.213. The van der Waals surface area contributed by atoms with Crippen LogP contribution >= 0.6 is 0 Å². The van der Waals surface area contributed by atoms with Crippen LogP contribution in [0.3, 0.4) is 0 Å². The normalized spacial score (nSPS) is 11.3. The van der Waals surface area contributed by atoms with Crippen molar-refractivity contribution in [3.8, 4) is 0 Å². The Kier molecular flexibility index (Phi) is 4.07. The molecule has 0 atom stereocenters. The van der Waals surface area contributed by atoms with Gasteiger partial charge in [-0.3, -0.25) is 0 Å². The maximum atomic E-state index is 12.9. The van der Waals surface area contributed by atoms with Gasteiger partial charge in [-0.2, -0.15) is 0 Å². The molecule has 3 heteroatoms. The van der Waals surface area contributed by atoms with Crippen molar-refractivity contribution in [2.75, 3.05) is 7.11 Å². The molecule has 0 aromatic heterocycles. The van der Waals surface area contributed by atoms with E-state index in [-0.39, 0.29) is 5.82 Å². The topological polar surface area (TPSA) is 21.6 Å². The van der Waals surface area contributed by atoms with Gasteiger partial charge >= 0.3 is 0 Å². The van der Waals surface area contributed by atoms with E-state index >= 15 is 0 Å². The second-order valence-electron chi connectivity index (χ2n) is 3.89. The van der Waals surface area contributed by atoms with E-state index in [4.69, 9.17) is 4.84 Å². The SMILES string of the molecule is CON=C(Cc1ccccc1)c1ccc(F)cc1. The van der Waals surface area contributed by atoms with Crippen molar-refractivity contribution in [2.24, 2.45) is 5.16 Å². The fraction of sp³-hybridized carbons (Fsp3) is 0.133. The summed E-state index contributed by atoms with van der Waals surface area (Å²) in [6, 6.07) is 16.2. The van der Waals surface area contributed by atoms with E-state index in [0.29, 0.717) is 6.42 Å². The lowest BCUT2D eigenvalue weighted by Gasteiger charge is -2.06. The summed E-state index contributed by atoms with van der Waals surface area (Å²) >= 11 is 0. The highest BCUT2D eigenvalue weighted by atomic mass is 19.1. The van der Waals surface area contributed by atoms with Crippen molar-refractivity contribution in [2.45, 2.75) is 6.42 Å². The molecule has 92 valence electrons. The first-order valence-corrected chi connectivity index (χ1v) is 5.69. The minimum absolute atomic E-state index is 0.254. The number of rotatable bonds is 4. The zero-order valence-electron chi connectivity index (χ0n) is 10.1. The molecule has 0 fully saturated rings. The smallest absolute Gasteiger partial charge is 0.123 e. The fourth-order valence-corrected chi connectivity index (χ4v) is 1.73. The van der Waals surface area contributed by atoms with E-state index in [9.17, 15) is 4.39 Å². The Morgan fingerprint density at radius 3 is 2.33 bits per heavy atom. The number of halogens is 1. The monoisotopic (exact) mass is 243 g/mol. The first-order valence-electron chi connectivity index (χ1n) is 5.69. The van der Waals surface area contributed by atoms with Gasteiger partial charge in [0.1, 0.15) is 12.9 Å². The highest BCUT2D eigenvalue weighted by Crippen LogP contribution is 2.10. The third-order valence-corrected chi connectivity index (χ3v) is 2.59. The predicted molar refractivity (Wildman–Crippen MR) is 70.1 cm³/mol. The molecule has 2 aromatic rings. The summed E-state index contributed by atoms with van der Waals surface area (Å²) in [4.78, 5) is 4.86. The first kappa shape index (κ1) is 12.3. The van der Waals surface area contributed by atoms with Crippen molar-refractivity contribution in [1.82, 2.24) is 0 Å². The number of hydrogen-bond acceptors (Lipinski definition) is 2. The van der Waals surface area contributed by atoms with Gasteiger partial charge < -0.3 is 4.84 Å². The quantitative estimate of drug-likeness (QED) is 0.595. The summed E-state index contributed by atoms with van der Waals surface area (Å²) in [7, 11) is 1.51. The van der Waals surface area contributed by atoms with Crippen LogP contribution in [-0.2, 0) is 11.3 Å². The highest BCUT2D eigenvalue weighted by molar-refractivity contribution is 6.01. The van der Waals surface area contributed by atoms with E-state index in [0.717, 1.165) is 16.8 Å². The standard InChI is InChI=1S/C15H14FNO/c1-18-17-15(11-12-5-3-2-4-6-12)13-7-9-14(16)10-8-13/h2-10H,11H2,1H3. The van der Waals surface area contributed by atoms with Gasteiger partial charge in [0.2, 0.25) is 0 Å². The molecule has 0 saturated heterocycles. The molecule has 2 aromatic carbocycles. The van der Waals surface area contributed by atoms with Gasteiger partial charge in [-0.15, -0.1) is 0 Å². The zero-order valence-corrected chi connectivity index (χ0v) is 10.1. The van der Waals surface area contributed by atoms with Crippen LogP contribution < -0.4 is 0 Å². The van der Waals surface area contributed by atoms with Crippen molar-refractivity contribution < 1.29 is 9.23 Å². The maximum absolute atomic E-state index is 12.9. The minimum atomic E-state index is -0.254. The largest absolute Gasteiger partial charge is 0.399 e.